The van der Waals surface area contributed by atoms with Crippen LogP contribution in [0.15, 0.2) is 54.6 Å². The quantitative estimate of drug-likeness (QED) is 0.809. The summed E-state index contributed by atoms with van der Waals surface area (Å²) < 4.78 is 0. The molecule has 1 amide bonds. The molecular formula is C18H21N3O. The van der Waals surface area contributed by atoms with Gasteiger partial charge in [-0.25, -0.2) is 5.43 Å². The van der Waals surface area contributed by atoms with Crippen molar-refractivity contribution < 1.29 is 4.79 Å². The first-order valence-corrected chi connectivity index (χ1v) is 7.61. The number of benzene rings is 2. The van der Waals surface area contributed by atoms with Crippen LogP contribution in [0.25, 0.3) is 0 Å². The lowest BCUT2D eigenvalue weighted by atomic mass is 9.94. The topological polar surface area (TPSA) is 53.2 Å². The van der Waals surface area contributed by atoms with Crippen LogP contribution in [0.3, 0.4) is 0 Å². The number of hydrogen-bond acceptors (Lipinski definition) is 3. The number of carbonyl (C=O) groups excluding carboxylic acids is 1. The van der Waals surface area contributed by atoms with E-state index in [1.165, 1.54) is 5.56 Å². The van der Waals surface area contributed by atoms with E-state index in [9.17, 15) is 4.79 Å². The van der Waals surface area contributed by atoms with Crippen LogP contribution in [-0.2, 0) is 11.3 Å². The fourth-order valence-electron chi connectivity index (χ4n) is 2.84. The Labute approximate surface area is 130 Å². The van der Waals surface area contributed by atoms with Crippen LogP contribution in [0.4, 0.5) is 0 Å². The van der Waals surface area contributed by atoms with Gasteiger partial charge in [-0.3, -0.25) is 10.2 Å². The zero-order valence-corrected chi connectivity index (χ0v) is 12.7. The molecule has 1 saturated heterocycles. The Morgan fingerprint density at radius 1 is 1.14 bits per heavy atom. The summed E-state index contributed by atoms with van der Waals surface area (Å²) in [5.74, 6) is -0.0268. The van der Waals surface area contributed by atoms with E-state index in [2.05, 4.69) is 35.2 Å². The predicted octanol–water partition coefficient (Wildman–Crippen LogP) is 2.08. The van der Waals surface area contributed by atoms with Crippen molar-refractivity contribution in [2.24, 2.45) is 5.92 Å². The maximum absolute atomic E-state index is 12.5. The van der Waals surface area contributed by atoms with Crippen LogP contribution in [0, 0.1) is 12.8 Å². The highest BCUT2D eigenvalue weighted by Gasteiger charge is 2.33. The molecule has 114 valence electrons. The lowest BCUT2D eigenvalue weighted by Gasteiger charge is -2.18. The summed E-state index contributed by atoms with van der Waals surface area (Å²) >= 11 is 0. The van der Waals surface area contributed by atoms with Gasteiger partial charge in [0.25, 0.3) is 0 Å². The normalized spacial score (nSPS) is 20.8. The average Bonchev–Trinajstić information content (AvgIpc) is 3.04. The van der Waals surface area contributed by atoms with Crippen molar-refractivity contribution in [3.05, 3.63) is 71.3 Å². The Balaban J connectivity index is 1.65. The van der Waals surface area contributed by atoms with Crippen LogP contribution >= 0.6 is 0 Å². The van der Waals surface area contributed by atoms with Crippen molar-refractivity contribution in [2.45, 2.75) is 19.5 Å². The van der Waals surface area contributed by atoms with Gasteiger partial charge in [-0.05, 0) is 23.6 Å². The minimum atomic E-state index is -0.105. The molecule has 2 atom stereocenters. The molecule has 3 rings (SSSR count). The zero-order valence-electron chi connectivity index (χ0n) is 12.7. The van der Waals surface area contributed by atoms with E-state index in [0.717, 1.165) is 11.1 Å². The second-order valence-corrected chi connectivity index (χ2v) is 5.66. The molecule has 2 aromatic rings. The van der Waals surface area contributed by atoms with E-state index in [-0.39, 0.29) is 17.9 Å². The SMILES string of the molecule is Cc1ccccc1CNC(=O)C1CNNC1c1ccccc1. The summed E-state index contributed by atoms with van der Waals surface area (Å²) in [7, 11) is 0. The van der Waals surface area contributed by atoms with Gasteiger partial charge in [0.15, 0.2) is 0 Å². The molecule has 1 aliphatic heterocycles. The lowest BCUT2D eigenvalue weighted by molar-refractivity contribution is -0.125. The molecule has 2 aromatic carbocycles. The Morgan fingerprint density at radius 3 is 2.64 bits per heavy atom. The molecule has 2 unspecified atom stereocenters. The van der Waals surface area contributed by atoms with Gasteiger partial charge in [0.1, 0.15) is 0 Å². The number of rotatable bonds is 4. The summed E-state index contributed by atoms with van der Waals surface area (Å²) in [6, 6.07) is 18.2. The number of carbonyl (C=O) groups is 1. The van der Waals surface area contributed by atoms with Crippen LogP contribution in [0.5, 0.6) is 0 Å². The maximum Gasteiger partial charge on any atom is 0.226 e. The van der Waals surface area contributed by atoms with E-state index in [1.807, 2.05) is 42.5 Å². The van der Waals surface area contributed by atoms with Gasteiger partial charge in [-0.15, -0.1) is 0 Å². The van der Waals surface area contributed by atoms with Crippen LogP contribution < -0.4 is 16.2 Å². The van der Waals surface area contributed by atoms with Crippen LogP contribution in [0.1, 0.15) is 22.7 Å². The molecule has 0 radical (unpaired) electrons. The minimum absolute atomic E-state index is 0.0121. The lowest BCUT2D eigenvalue weighted by Crippen LogP contribution is -2.34. The predicted molar refractivity (Wildman–Crippen MR) is 86.8 cm³/mol. The average molecular weight is 295 g/mol. The molecule has 1 fully saturated rings. The molecule has 22 heavy (non-hydrogen) atoms. The Hall–Kier alpha value is -2.17. The first kappa shape index (κ1) is 14.8. The van der Waals surface area contributed by atoms with Gasteiger partial charge in [0, 0.05) is 13.1 Å². The third kappa shape index (κ3) is 3.18. The first-order valence-electron chi connectivity index (χ1n) is 7.61. The second-order valence-electron chi connectivity index (χ2n) is 5.66. The molecule has 0 aliphatic carbocycles. The largest absolute Gasteiger partial charge is 0.352 e. The van der Waals surface area contributed by atoms with Crippen molar-refractivity contribution in [1.29, 1.82) is 0 Å². The third-order valence-corrected chi connectivity index (χ3v) is 4.19. The summed E-state index contributed by atoms with van der Waals surface area (Å²) in [5, 5.41) is 3.06. The fourth-order valence-corrected chi connectivity index (χ4v) is 2.84. The highest BCUT2D eigenvalue weighted by molar-refractivity contribution is 5.80. The van der Waals surface area contributed by atoms with Gasteiger partial charge >= 0.3 is 0 Å². The Kier molecular flexibility index (Phi) is 4.51. The molecule has 0 aromatic heterocycles. The zero-order chi connectivity index (χ0) is 15.4. The summed E-state index contributed by atoms with van der Waals surface area (Å²) in [6.45, 7) is 3.27. The van der Waals surface area contributed by atoms with Crippen molar-refractivity contribution in [3.8, 4) is 0 Å². The molecule has 3 N–H and O–H groups in total. The summed E-state index contributed by atoms with van der Waals surface area (Å²) in [6.07, 6.45) is 0. The van der Waals surface area contributed by atoms with Gasteiger partial charge in [0.2, 0.25) is 5.91 Å². The molecule has 1 aliphatic rings. The molecule has 4 heteroatoms. The van der Waals surface area contributed by atoms with Crippen molar-refractivity contribution in [1.82, 2.24) is 16.2 Å². The van der Waals surface area contributed by atoms with Crippen molar-refractivity contribution in [3.63, 3.8) is 0 Å². The van der Waals surface area contributed by atoms with Gasteiger partial charge < -0.3 is 5.32 Å². The highest BCUT2D eigenvalue weighted by Crippen LogP contribution is 2.24. The van der Waals surface area contributed by atoms with E-state index >= 15 is 0 Å². The van der Waals surface area contributed by atoms with E-state index < -0.39 is 0 Å². The van der Waals surface area contributed by atoms with E-state index in [1.54, 1.807) is 0 Å². The number of hydrogen-bond donors (Lipinski definition) is 3. The smallest absolute Gasteiger partial charge is 0.226 e. The molecule has 1 heterocycles. The van der Waals surface area contributed by atoms with Crippen molar-refractivity contribution in [2.75, 3.05) is 6.54 Å². The first-order chi connectivity index (χ1) is 10.8. The second kappa shape index (κ2) is 6.73. The van der Waals surface area contributed by atoms with Crippen LogP contribution in [-0.4, -0.2) is 12.5 Å². The maximum atomic E-state index is 12.5. The Morgan fingerprint density at radius 2 is 1.86 bits per heavy atom. The number of aryl methyl sites for hydroxylation is 1. The van der Waals surface area contributed by atoms with E-state index in [4.69, 9.17) is 0 Å². The van der Waals surface area contributed by atoms with Gasteiger partial charge in [0.05, 0.1) is 12.0 Å². The number of amides is 1. The molecule has 4 nitrogen and oxygen atoms in total. The standard InChI is InChI=1S/C18H21N3O/c1-13-7-5-6-10-15(13)11-19-18(22)16-12-20-21-17(16)14-8-3-2-4-9-14/h2-10,16-17,20-21H,11-12H2,1H3,(H,19,22). The molecule has 0 saturated carbocycles. The van der Waals surface area contributed by atoms with E-state index in [0.29, 0.717) is 13.1 Å². The number of hydrazine groups is 1. The van der Waals surface area contributed by atoms with Gasteiger partial charge in [-0.2, -0.15) is 0 Å². The summed E-state index contributed by atoms with van der Waals surface area (Å²) in [4.78, 5) is 12.5. The number of nitrogens with one attached hydrogen (secondary N) is 3. The van der Waals surface area contributed by atoms with Gasteiger partial charge in [-0.1, -0.05) is 54.6 Å². The highest BCUT2D eigenvalue weighted by atomic mass is 16.2. The monoisotopic (exact) mass is 295 g/mol. The molecule has 0 bridgehead atoms. The molecular weight excluding hydrogens is 274 g/mol. The summed E-state index contributed by atoms with van der Waals surface area (Å²) in [5.41, 5.74) is 9.79. The third-order valence-electron chi connectivity index (χ3n) is 4.19. The molecule has 0 spiro atoms. The van der Waals surface area contributed by atoms with Crippen molar-refractivity contribution >= 4 is 5.91 Å². The minimum Gasteiger partial charge on any atom is -0.352 e. The Bertz CT molecular complexity index is 642. The fraction of sp³-hybridized carbons (Fsp3) is 0.278. The van der Waals surface area contributed by atoms with Crippen LogP contribution in [0.2, 0.25) is 0 Å².